The van der Waals surface area contributed by atoms with Crippen molar-refractivity contribution in [3.63, 3.8) is 0 Å². The second-order valence-electron chi connectivity index (χ2n) is 3.69. The second kappa shape index (κ2) is 5.81. The molecule has 0 saturated carbocycles. The lowest BCUT2D eigenvalue weighted by Gasteiger charge is -2.05. The van der Waals surface area contributed by atoms with Crippen LogP contribution in [0.5, 0.6) is 5.75 Å². The number of ether oxygens (including phenoxy) is 1. The summed E-state index contributed by atoms with van der Waals surface area (Å²) in [6, 6.07) is 1.78. The standard InChI is InChI=1S/C11H16O2S/c1-9(2)4-3-5-13-10-6-11(7-12)14-8-10/h6-9H,3-5H2,1-2H3. The Balaban J connectivity index is 2.21. The Labute approximate surface area is 88.9 Å². The van der Waals surface area contributed by atoms with Crippen LogP contribution in [0.4, 0.5) is 0 Å². The summed E-state index contributed by atoms with van der Waals surface area (Å²) in [5.41, 5.74) is 0. The number of aldehydes is 1. The Morgan fingerprint density at radius 1 is 1.57 bits per heavy atom. The third kappa shape index (κ3) is 3.92. The zero-order chi connectivity index (χ0) is 10.4. The predicted octanol–water partition coefficient (Wildman–Crippen LogP) is 3.38. The Bertz CT molecular complexity index is 279. The first kappa shape index (κ1) is 11.2. The molecule has 1 aromatic rings. The Morgan fingerprint density at radius 2 is 2.36 bits per heavy atom. The van der Waals surface area contributed by atoms with Crippen LogP contribution in [-0.4, -0.2) is 12.9 Å². The summed E-state index contributed by atoms with van der Waals surface area (Å²) in [6.07, 6.45) is 3.11. The first-order valence-corrected chi connectivity index (χ1v) is 5.77. The summed E-state index contributed by atoms with van der Waals surface area (Å²) in [5, 5.41) is 1.87. The first-order valence-electron chi connectivity index (χ1n) is 4.89. The maximum atomic E-state index is 10.4. The van der Waals surface area contributed by atoms with Crippen molar-refractivity contribution < 1.29 is 9.53 Å². The van der Waals surface area contributed by atoms with Gasteiger partial charge in [-0.3, -0.25) is 4.79 Å². The predicted molar refractivity (Wildman–Crippen MR) is 59.3 cm³/mol. The maximum absolute atomic E-state index is 10.4. The highest BCUT2D eigenvalue weighted by Gasteiger charge is 1.99. The molecule has 14 heavy (non-hydrogen) atoms. The SMILES string of the molecule is CC(C)CCCOc1csc(C=O)c1. The Morgan fingerprint density at radius 3 is 2.93 bits per heavy atom. The molecule has 0 unspecified atom stereocenters. The number of thiophene rings is 1. The fourth-order valence-electron chi connectivity index (χ4n) is 1.15. The van der Waals surface area contributed by atoms with Crippen LogP contribution in [0.3, 0.4) is 0 Å². The van der Waals surface area contributed by atoms with Crippen molar-refractivity contribution in [1.29, 1.82) is 0 Å². The molecule has 0 atom stereocenters. The number of carbonyl (C=O) groups excluding carboxylic acids is 1. The molecule has 1 rings (SSSR count). The minimum Gasteiger partial charge on any atom is -0.493 e. The molecule has 2 nitrogen and oxygen atoms in total. The van der Waals surface area contributed by atoms with Gasteiger partial charge in [0.25, 0.3) is 0 Å². The largest absolute Gasteiger partial charge is 0.493 e. The lowest BCUT2D eigenvalue weighted by molar-refractivity contribution is 0.112. The molecule has 78 valence electrons. The van der Waals surface area contributed by atoms with Crippen molar-refractivity contribution in [3.8, 4) is 5.75 Å². The molecule has 0 radical (unpaired) electrons. The van der Waals surface area contributed by atoms with E-state index >= 15 is 0 Å². The minimum atomic E-state index is 0.726. The number of hydrogen-bond acceptors (Lipinski definition) is 3. The van der Waals surface area contributed by atoms with Gasteiger partial charge in [-0.15, -0.1) is 11.3 Å². The maximum Gasteiger partial charge on any atom is 0.160 e. The molecule has 0 N–H and O–H groups in total. The van der Waals surface area contributed by atoms with E-state index in [1.54, 1.807) is 6.07 Å². The average molecular weight is 212 g/mol. The van der Waals surface area contributed by atoms with Gasteiger partial charge in [-0.2, -0.15) is 0 Å². The quantitative estimate of drug-likeness (QED) is 0.534. The van der Waals surface area contributed by atoms with E-state index in [0.717, 1.165) is 35.9 Å². The van der Waals surface area contributed by atoms with E-state index in [1.165, 1.54) is 17.8 Å². The third-order valence-corrected chi connectivity index (χ3v) is 2.74. The molecule has 0 spiro atoms. The highest BCUT2D eigenvalue weighted by molar-refractivity contribution is 7.11. The van der Waals surface area contributed by atoms with E-state index in [9.17, 15) is 4.79 Å². The smallest absolute Gasteiger partial charge is 0.160 e. The molecule has 0 aliphatic rings. The van der Waals surface area contributed by atoms with E-state index in [0.29, 0.717) is 0 Å². The van der Waals surface area contributed by atoms with Gasteiger partial charge in [0.2, 0.25) is 0 Å². The summed E-state index contributed by atoms with van der Waals surface area (Å²) >= 11 is 1.42. The zero-order valence-corrected chi connectivity index (χ0v) is 9.47. The molecule has 0 aliphatic heterocycles. The van der Waals surface area contributed by atoms with Gasteiger partial charge in [0.1, 0.15) is 5.75 Å². The van der Waals surface area contributed by atoms with Crippen molar-refractivity contribution >= 4 is 17.6 Å². The molecule has 1 heterocycles. The topological polar surface area (TPSA) is 26.3 Å². The van der Waals surface area contributed by atoms with Gasteiger partial charge in [0.15, 0.2) is 6.29 Å². The lowest BCUT2D eigenvalue weighted by Crippen LogP contribution is -1.98. The van der Waals surface area contributed by atoms with Crippen LogP contribution in [0.2, 0.25) is 0 Å². The van der Waals surface area contributed by atoms with Crippen LogP contribution in [-0.2, 0) is 0 Å². The summed E-state index contributed by atoms with van der Waals surface area (Å²) in [7, 11) is 0. The summed E-state index contributed by atoms with van der Waals surface area (Å²) in [5.74, 6) is 1.55. The number of carbonyl (C=O) groups is 1. The molecular weight excluding hydrogens is 196 g/mol. The van der Waals surface area contributed by atoms with Crippen LogP contribution >= 0.6 is 11.3 Å². The van der Waals surface area contributed by atoms with Crippen molar-refractivity contribution in [2.45, 2.75) is 26.7 Å². The molecule has 0 amide bonds. The highest BCUT2D eigenvalue weighted by Crippen LogP contribution is 2.20. The molecule has 0 saturated heterocycles. The number of hydrogen-bond donors (Lipinski definition) is 0. The second-order valence-corrected chi connectivity index (χ2v) is 4.63. The van der Waals surface area contributed by atoms with E-state index in [1.807, 2.05) is 5.38 Å². The third-order valence-electron chi connectivity index (χ3n) is 1.91. The summed E-state index contributed by atoms with van der Waals surface area (Å²) in [4.78, 5) is 11.1. The lowest BCUT2D eigenvalue weighted by atomic mass is 10.1. The van der Waals surface area contributed by atoms with Crippen LogP contribution in [0.25, 0.3) is 0 Å². The average Bonchev–Trinajstić information content (AvgIpc) is 2.60. The molecule has 0 aromatic carbocycles. The molecule has 1 aromatic heterocycles. The first-order chi connectivity index (χ1) is 6.72. The Hall–Kier alpha value is -0.830. The summed E-state index contributed by atoms with van der Waals surface area (Å²) in [6.45, 7) is 5.15. The van der Waals surface area contributed by atoms with Gasteiger partial charge in [-0.05, 0) is 18.8 Å². The summed E-state index contributed by atoms with van der Waals surface area (Å²) < 4.78 is 5.49. The molecule has 3 heteroatoms. The van der Waals surface area contributed by atoms with Crippen LogP contribution in [0.15, 0.2) is 11.4 Å². The van der Waals surface area contributed by atoms with Gasteiger partial charge in [0, 0.05) is 11.4 Å². The van der Waals surface area contributed by atoms with E-state index in [-0.39, 0.29) is 0 Å². The minimum absolute atomic E-state index is 0.726. The van der Waals surface area contributed by atoms with Gasteiger partial charge < -0.3 is 4.74 Å². The number of rotatable bonds is 6. The van der Waals surface area contributed by atoms with Gasteiger partial charge in [-0.1, -0.05) is 13.8 Å². The highest BCUT2D eigenvalue weighted by atomic mass is 32.1. The van der Waals surface area contributed by atoms with Gasteiger partial charge in [0.05, 0.1) is 11.5 Å². The fraction of sp³-hybridized carbons (Fsp3) is 0.545. The van der Waals surface area contributed by atoms with Crippen molar-refractivity contribution in [3.05, 3.63) is 16.3 Å². The normalized spacial score (nSPS) is 10.5. The van der Waals surface area contributed by atoms with Gasteiger partial charge in [-0.25, -0.2) is 0 Å². The van der Waals surface area contributed by atoms with E-state index in [4.69, 9.17) is 4.74 Å². The van der Waals surface area contributed by atoms with Crippen molar-refractivity contribution in [2.75, 3.05) is 6.61 Å². The molecular formula is C11H16O2S. The van der Waals surface area contributed by atoms with Gasteiger partial charge >= 0.3 is 0 Å². The van der Waals surface area contributed by atoms with Crippen molar-refractivity contribution in [1.82, 2.24) is 0 Å². The van der Waals surface area contributed by atoms with E-state index < -0.39 is 0 Å². The zero-order valence-electron chi connectivity index (χ0n) is 8.66. The van der Waals surface area contributed by atoms with Crippen molar-refractivity contribution in [2.24, 2.45) is 5.92 Å². The molecule has 0 fully saturated rings. The van der Waals surface area contributed by atoms with E-state index in [2.05, 4.69) is 13.8 Å². The Kier molecular flexibility index (Phi) is 4.66. The monoisotopic (exact) mass is 212 g/mol. The molecule has 0 aliphatic carbocycles. The van der Waals surface area contributed by atoms with Crippen LogP contribution in [0, 0.1) is 5.92 Å². The molecule has 0 bridgehead atoms. The van der Waals surface area contributed by atoms with Crippen LogP contribution < -0.4 is 4.74 Å². The van der Waals surface area contributed by atoms with Crippen LogP contribution in [0.1, 0.15) is 36.4 Å². The fourth-order valence-corrected chi connectivity index (χ4v) is 1.78.